The van der Waals surface area contributed by atoms with Crippen molar-refractivity contribution >= 4 is 22.9 Å². The van der Waals surface area contributed by atoms with Gasteiger partial charge in [-0.1, -0.05) is 11.6 Å². The van der Waals surface area contributed by atoms with Gasteiger partial charge in [0.05, 0.1) is 10.0 Å². The fourth-order valence-electron chi connectivity index (χ4n) is 1.75. The van der Waals surface area contributed by atoms with E-state index in [9.17, 15) is 0 Å². The number of aryl methyl sites for hydroxylation is 2. The van der Waals surface area contributed by atoms with Crippen molar-refractivity contribution in [2.24, 2.45) is 7.05 Å². The molecule has 2 aromatic rings. The van der Waals surface area contributed by atoms with Crippen LogP contribution in [-0.4, -0.2) is 9.78 Å². The third-order valence-electron chi connectivity index (χ3n) is 2.80. The molecule has 5 heteroatoms. The highest BCUT2D eigenvalue weighted by Crippen LogP contribution is 2.24. The topological polar surface area (TPSA) is 29.9 Å². The molecule has 3 nitrogen and oxygen atoms in total. The minimum Gasteiger partial charge on any atom is -0.306 e. The van der Waals surface area contributed by atoms with E-state index >= 15 is 0 Å². The highest BCUT2D eigenvalue weighted by atomic mass is 35.5. The molecular formula is C12H16ClN3S. The van der Waals surface area contributed by atoms with Crippen LogP contribution in [0.4, 0.5) is 0 Å². The van der Waals surface area contributed by atoms with Crippen molar-refractivity contribution in [3.8, 4) is 0 Å². The summed E-state index contributed by atoms with van der Waals surface area (Å²) in [5, 5.41) is 9.89. The summed E-state index contributed by atoms with van der Waals surface area (Å²) in [5.41, 5.74) is 3.55. The van der Waals surface area contributed by atoms with Gasteiger partial charge in [-0.25, -0.2) is 0 Å². The van der Waals surface area contributed by atoms with Crippen molar-refractivity contribution in [3.05, 3.63) is 38.8 Å². The van der Waals surface area contributed by atoms with E-state index in [0.717, 1.165) is 16.6 Å². The molecule has 0 bridgehead atoms. The van der Waals surface area contributed by atoms with Crippen molar-refractivity contribution in [1.82, 2.24) is 15.1 Å². The van der Waals surface area contributed by atoms with Gasteiger partial charge in [0.25, 0.3) is 0 Å². The summed E-state index contributed by atoms with van der Waals surface area (Å²) in [4.78, 5) is 0. The predicted molar refractivity (Wildman–Crippen MR) is 72.5 cm³/mol. The molecule has 0 aliphatic heterocycles. The van der Waals surface area contributed by atoms with Gasteiger partial charge >= 0.3 is 0 Å². The molecule has 0 aliphatic rings. The van der Waals surface area contributed by atoms with E-state index in [0.29, 0.717) is 6.04 Å². The zero-order valence-corrected chi connectivity index (χ0v) is 11.8. The smallest absolute Gasteiger partial charge is 0.0931 e. The van der Waals surface area contributed by atoms with Crippen molar-refractivity contribution in [2.75, 3.05) is 0 Å². The molecule has 0 spiro atoms. The van der Waals surface area contributed by atoms with Crippen LogP contribution in [0.1, 0.15) is 29.8 Å². The van der Waals surface area contributed by atoms with E-state index < -0.39 is 0 Å². The Morgan fingerprint density at radius 1 is 1.59 bits per heavy atom. The highest BCUT2D eigenvalue weighted by molar-refractivity contribution is 7.14. The van der Waals surface area contributed by atoms with Gasteiger partial charge < -0.3 is 5.32 Å². The van der Waals surface area contributed by atoms with Crippen LogP contribution in [-0.2, 0) is 13.6 Å². The Morgan fingerprint density at radius 2 is 2.35 bits per heavy atom. The first-order chi connectivity index (χ1) is 8.06. The maximum Gasteiger partial charge on any atom is 0.0931 e. The highest BCUT2D eigenvalue weighted by Gasteiger charge is 2.09. The largest absolute Gasteiger partial charge is 0.306 e. The first kappa shape index (κ1) is 12.6. The Kier molecular flexibility index (Phi) is 3.86. The number of rotatable bonds is 4. The van der Waals surface area contributed by atoms with Crippen molar-refractivity contribution in [1.29, 1.82) is 0 Å². The van der Waals surface area contributed by atoms with Crippen LogP contribution >= 0.6 is 22.9 Å². The quantitative estimate of drug-likeness (QED) is 0.923. The van der Waals surface area contributed by atoms with Crippen LogP contribution < -0.4 is 5.32 Å². The number of thiophene rings is 1. The van der Waals surface area contributed by atoms with Crippen molar-refractivity contribution in [3.63, 3.8) is 0 Å². The molecular weight excluding hydrogens is 254 g/mol. The Hall–Kier alpha value is -0.840. The van der Waals surface area contributed by atoms with E-state index in [-0.39, 0.29) is 0 Å². The molecule has 1 unspecified atom stereocenters. The molecule has 17 heavy (non-hydrogen) atoms. The van der Waals surface area contributed by atoms with Crippen LogP contribution in [0, 0.1) is 6.92 Å². The molecule has 0 aromatic carbocycles. The van der Waals surface area contributed by atoms with Gasteiger partial charge in [-0.3, -0.25) is 4.68 Å². The molecule has 0 saturated carbocycles. The van der Waals surface area contributed by atoms with Crippen LogP contribution in [0.2, 0.25) is 4.34 Å². The normalized spacial score (nSPS) is 12.9. The summed E-state index contributed by atoms with van der Waals surface area (Å²) in [6, 6.07) is 2.32. The molecule has 0 saturated heterocycles. The molecule has 0 amide bonds. The Morgan fingerprint density at radius 3 is 2.88 bits per heavy atom. The maximum atomic E-state index is 5.93. The number of aromatic nitrogens is 2. The van der Waals surface area contributed by atoms with Crippen LogP contribution in [0.3, 0.4) is 0 Å². The number of hydrogen-bond acceptors (Lipinski definition) is 3. The number of hydrogen-bond donors (Lipinski definition) is 1. The predicted octanol–water partition coefficient (Wildman–Crippen LogP) is 3.29. The second-order valence-corrected chi connectivity index (χ2v) is 5.74. The van der Waals surface area contributed by atoms with Crippen LogP contribution in [0.15, 0.2) is 17.6 Å². The second-order valence-electron chi connectivity index (χ2n) is 4.20. The summed E-state index contributed by atoms with van der Waals surface area (Å²) in [6.45, 7) is 5.00. The first-order valence-corrected chi connectivity index (χ1v) is 6.78. The van der Waals surface area contributed by atoms with E-state index in [1.54, 1.807) is 11.3 Å². The zero-order valence-electron chi connectivity index (χ0n) is 10.2. The lowest BCUT2D eigenvalue weighted by Crippen LogP contribution is -2.17. The fourth-order valence-corrected chi connectivity index (χ4v) is 2.74. The first-order valence-electron chi connectivity index (χ1n) is 5.52. The van der Waals surface area contributed by atoms with E-state index in [1.807, 2.05) is 24.7 Å². The SMILES string of the molecule is Cc1nn(C)cc1CNC(C)c1csc(Cl)c1. The molecule has 92 valence electrons. The van der Waals surface area contributed by atoms with Crippen LogP contribution in [0.5, 0.6) is 0 Å². The van der Waals surface area contributed by atoms with Gasteiger partial charge in [-0.05, 0) is 30.9 Å². The zero-order chi connectivity index (χ0) is 12.4. The number of nitrogens with zero attached hydrogens (tertiary/aromatic N) is 2. The lowest BCUT2D eigenvalue weighted by Gasteiger charge is -2.11. The lowest BCUT2D eigenvalue weighted by molar-refractivity contribution is 0.575. The third kappa shape index (κ3) is 3.09. The standard InChI is InChI=1S/C12H16ClN3S/c1-8(10-4-12(13)17-7-10)14-5-11-6-16(3)15-9(11)2/h4,6-8,14H,5H2,1-3H3. The van der Waals surface area contributed by atoms with Gasteiger partial charge in [0.2, 0.25) is 0 Å². The summed E-state index contributed by atoms with van der Waals surface area (Å²) < 4.78 is 2.68. The molecule has 0 radical (unpaired) electrons. The van der Waals surface area contributed by atoms with Crippen molar-refractivity contribution in [2.45, 2.75) is 26.4 Å². The average molecular weight is 270 g/mol. The molecule has 0 aliphatic carbocycles. The van der Waals surface area contributed by atoms with Gasteiger partial charge in [0.1, 0.15) is 0 Å². The number of halogens is 1. The summed E-state index contributed by atoms with van der Waals surface area (Å²) in [5.74, 6) is 0. The molecule has 0 fully saturated rings. The molecule has 2 heterocycles. The lowest BCUT2D eigenvalue weighted by atomic mass is 10.1. The van der Waals surface area contributed by atoms with Gasteiger partial charge in [-0.2, -0.15) is 5.10 Å². The van der Waals surface area contributed by atoms with Gasteiger partial charge in [0, 0.05) is 31.4 Å². The van der Waals surface area contributed by atoms with E-state index in [1.165, 1.54) is 11.1 Å². The molecule has 2 aromatic heterocycles. The second kappa shape index (κ2) is 5.21. The molecule has 1 N–H and O–H groups in total. The van der Waals surface area contributed by atoms with Gasteiger partial charge in [-0.15, -0.1) is 11.3 Å². The van der Waals surface area contributed by atoms with E-state index in [4.69, 9.17) is 11.6 Å². The summed E-state index contributed by atoms with van der Waals surface area (Å²) in [7, 11) is 1.94. The Balaban J connectivity index is 1.96. The summed E-state index contributed by atoms with van der Waals surface area (Å²) >= 11 is 7.50. The summed E-state index contributed by atoms with van der Waals surface area (Å²) in [6.07, 6.45) is 2.05. The van der Waals surface area contributed by atoms with Gasteiger partial charge in [0.15, 0.2) is 0 Å². The molecule has 1 atom stereocenters. The average Bonchev–Trinajstić information content (AvgIpc) is 2.82. The molecule has 2 rings (SSSR count). The van der Waals surface area contributed by atoms with E-state index in [2.05, 4.69) is 28.9 Å². The monoisotopic (exact) mass is 269 g/mol. The fraction of sp³-hybridized carbons (Fsp3) is 0.417. The maximum absolute atomic E-state index is 5.93. The Bertz CT molecular complexity index is 504. The third-order valence-corrected chi connectivity index (χ3v) is 3.91. The number of nitrogens with one attached hydrogen (secondary N) is 1. The minimum absolute atomic E-state index is 0.304. The minimum atomic E-state index is 0.304. The van der Waals surface area contributed by atoms with Crippen LogP contribution in [0.25, 0.3) is 0 Å². The Labute approximate surface area is 110 Å². The van der Waals surface area contributed by atoms with Crippen molar-refractivity contribution < 1.29 is 0 Å².